The molecule has 0 amide bonds. The summed E-state index contributed by atoms with van der Waals surface area (Å²) in [6.07, 6.45) is 7.78. The van der Waals surface area contributed by atoms with Gasteiger partial charge in [0.05, 0.1) is 6.20 Å². The van der Waals surface area contributed by atoms with Crippen LogP contribution < -0.4 is 0 Å². The normalized spacial score (nSPS) is 9.83. The van der Waals surface area contributed by atoms with E-state index >= 15 is 0 Å². The molecule has 2 aromatic heterocycles. The molecular formula is C8H10IrN3+. The number of aryl methyl sites for hydroxylation is 2. The van der Waals surface area contributed by atoms with Gasteiger partial charge in [0, 0.05) is 34.1 Å². The molecule has 65 valence electrons. The summed E-state index contributed by atoms with van der Waals surface area (Å²) in [7, 11) is 2.01. The fourth-order valence-corrected chi connectivity index (χ4v) is 1.23. The van der Waals surface area contributed by atoms with E-state index in [1.165, 1.54) is 0 Å². The van der Waals surface area contributed by atoms with Crippen LogP contribution in [0.1, 0.15) is 5.69 Å². The van der Waals surface area contributed by atoms with Gasteiger partial charge in [-0.25, -0.2) is 4.98 Å². The van der Waals surface area contributed by atoms with E-state index < -0.39 is 0 Å². The number of aromatic nitrogens is 3. The Morgan fingerprint density at radius 1 is 1.42 bits per heavy atom. The molecular weight excluding hydrogens is 330 g/mol. The summed E-state index contributed by atoms with van der Waals surface area (Å²) in [6.45, 7) is 2.04. The summed E-state index contributed by atoms with van der Waals surface area (Å²) in [6, 6.07) is 0. The fourth-order valence-electron chi connectivity index (χ4n) is 1.23. The second-order valence-corrected chi connectivity index (χ2v) is 2.75. The molecule has 0 spiro atoms. The maximum atomic E-state index is 4.09. The van der Waals surface area contributed by atoms with E-state index in [1.54, 1.807) is 0 Å². The molecule has 2 aromatic rings. The van der Waals surface area contributed by atoms with Crippen molar-refractivity contribution in [1.29, 1.82) is 0 Å². The summed E-state index contributed by atoms with van der Waals surface area (Å²) in [5, 5.41) is 0. The molecule has 2 rings (SSSR count). The van der Waals surface area contributed by atoms with Gasteiger partial charge in [-0.1, -0.05) is 0 Å². The number of fused-ring (bicyclic) bond motifs is 1. The molecule has 0 N–H and O–H groups in total. The largest absolute Gasteiger partial charge is 0.254 e. The van der Waals surface area contributed by atoms with E-state index in [9.17, 15) is 0 Å². The summed E-state index contributed by atoms with van der Waals surface area (Å²) in [4.78, 5) is 4.09. The van der Waals surface area contributed by atoms with E-state index in [-0.39, 0.29) is 20.1 Å². The van der Waals surface area contributed by atoms with Crippen molar-refractivity contribution in [2.75, 3.05) is 0 Å². The molecule has 0 bridgehead atoms. The topological polar surface area (TPSA) is 22.2 Å². The molecule has 0 aliphatic rings. The summed E-state index contributed by atoms with van der Waals surface area (Å²) in [5.74, 6) is 0. The van der Waals surface area contributed by atoms with Gasteiger partial charge in [-0.15, -0.1) is 0 Å². The minimum absolute atomic E-state index is 0. The van der Waals surface area contributed by atoms with Crippen molar-refractivity contribution >= 4 is 5.52 Å². The third-order valence-electron chi connectivity index (χ3n) is 1.76. The fraction of sp³-hybridized carbons (Fsp3) is 0.250. The third kappa shape index (κ3) is 1.40. The summed E-state index contributed by atoms with van der Waals surface area (Å²) in [5.41, 5.74) is 2.29. The average Bonchev–Trinajstić information content (AvgIpc) is 2.31. The van der Waals surface area contributed by atoms with Crippen LogP contribution >= 0.6 is 0 Å². The molecule has 2 heterocycles. The van der Waals surface area contributed by atoms with E-state index in [0.717, 1.165) is 11.2 Å². The van der Waals surface area contributed by atoms with Crippen LogP contribution in [-0.4, -0.2) is 14.0 Å². The first-order valence-corrected chi connectivity index (χ1v) is 3.55. The number of rotatable bonds is 0. The van der Waals surface area contributed by atoms with Gasteiger partial charge in [0.2, 0.25) is 5.52 Å². The number of imidazole rings is 1. The van der Waals surface area contributed by atoms with E-state index in [1.807, 2.05) is 43.5 Å². The van der Waals surface area contributed by atoms with Crippen molar-refractivity contribution in [2.24, 2.45) is 7.05 Å². The average molecular weight is 340 g/mol. The van der Waals surface area contributed by atoms with Gasteiger partial charge in [-0.3, -0.25) is 4.57 Å². The number of hydrogen-bond acceptors (Lipinski definition) is 1. The first-order chi connectivity index (χ1) is 5.27. The van der Waals surface area contributed by atoms with Gasteiger partial charge < -0.3 is 0 Å². The van der Waals surface area contributed by atoms with E-state index in [2.05, 4.69) is 9.38 Å². The maximum Gasteiger partial charge on any atom is 0.201 e. The van der Waals surface area contributed by atoms with Crippen molar-refractivity contribution in [1.82, 2.24) is 14.0 Å². The van der Waals surface area contributed by atoms with Crippen LogP contribution in [0.15, 0.2) is 24.9 Å². The first kappa shape index (κ1) is 9.36. The van der Waals surface area contributed by atoms with E-state index in [4.69, 9.17) is 0 Å². The molecule has 4 heteroatoms. The Hall–Kier alpha value is -0.731. The van der Waals surface area contributed by atoms with Crippen LogP contribution in [0, 0.1) is 6.92 Å². The SMILES string of the molecule is Cc1cncc2cn(C)[cH+]n12.[Ir]. The predicted octanol–water partition coefficient (Wildman–Crippen LogP) is 1.26. The minimum Gasteiger partial charge on any atom is -0.254 e. The smallest absolute Gasteiger partial charge is 0.201 e. The quantitative estimate of drug-likeness (QED) is 0.662. The Labute approximate surface area is 84.4 Å². The molecule has 0 fully saturated rings. The van der Waals surface area contributed by atoms with Crippen LogP contribution in [0.25, 0.3) is 5.52 Å². The molecule has 12 heavy (non-hydrogen) atoms. The summed E-state index contributed by atoms with van der Waals surface area (Å²) < 4.78 is 4.12. The monoisotopic (exact) mass is 341 g/mol. The molecule has 0 aliphatic heterocycles. The Morgan fingerprint density at radius 3 is 2.83 bits per heavy atom. The Bertz CT molecular complexity index is 394. The van der Waals surface area contributed by atoms with Gasteiger partial charge in [-0.2, -0.15) is 4.40 Å². The van der Waals surface area contributed by atoms with Crippen molar-refractivity contribution in [3.05, 3.63) is 30.6 Å². The molecule has 0 aromatic carbocycles. The van der Waals surface area contributed by atoms with Gasteiger partial charge in [-0.05, 0) is 0 Å². The van der Waals surface area contributed by atoms with Gasteiger partial charge in [0.25, 0.3) is 0 Å². The molecule has 0 aliphatic carbocycles. The zero-order valence-electron chi connectivity index (χ0n) is 6.98. The van der Waals surface area contributed by atoms with Gasteiger partial charge in [0.15, 0.2) is 6.33 Å². The second kappa shape index (κ2) is 3.33. The second-order valence-electron chi connectivity index (χ2n) is 2.75. The van der Waals surface area contributed by atoms with Gasteiger partial charge >= 0.3 is 0 Å². The number of hydrogen-bond donors (Lipinski definition) is 0. The standard InChI is InChI=1S/C8H10N3.Ir/c1-7-3-9-4-8-5-10(2)6-11(7)8;/h3-6H,1-2H3;/q+1;. The molecule has 0 unspecified atom stereocenters. The van der Waals surface area contributed by atoms with Crippen molar-refractivity contribution in [3.8, 4) is 0 Å². The zero-order chi connectivity index (χ0) is 7.84. The third-order valence-corrected chi connectivity index (χ3v) is 1.76. The summed E-state index contributed by atoms with van der Waals surface area (Å²) >= 11 is 0. The predicted molar refractivity (Wildman–Crippen MR) is 43.3 cm³/mol. The minimum atomic E-state index is 0. The van der Waals surface area contributed by atoms with Crippen LogP contribution in [0.2, 0.25) is 0 Å². The van der Waals surface area contributed by atoms with Crippen molar-refractivity contribution < 1.29 is 20.1 Å². The van der Waals surface area contributed by atoms with Crippen LogP contribution in [-0.2, 0) is 27.2 Å². The first-order valence-electron chi connectivity index (χ1n) is 3.55. The Kier molecular flexibility index (Phi) is 2.60. The van der Waals surface area contributed by atoms with E-state index in [0.29, 0.717) is 0 Å². The molecule has 0 saturated heterocycles. The Balaban J connectivity index is 0.000000720. The molecule has 0 saturated carbocycles. The molecule has 1 radical (unpaired) electrons. The molecule has 0 atom stereocenters. The van der Waals surface area contributed by atoms with Gasteiger partial charge in [0.1, 0.15) is 18.1 Å². The van der Waals surface area contributed by atoms with Crippen LogP contribution in [0.3, 0.4) is 0 Å². The van der Waals surface area contributed by atoms with Crippen LogP contribution in [0.5, 0.6) is 0 Å². The zero-order valence-corrected chi connectivity index (χ0v) is 9.38. The Morgan fingerprint density at radius 2 is 2.17 bits per heavy atom. The van der Waals surface area contributed by atoms with Crippen molar-refractivity contribution in [3.63, 3.8) is 0 Å². The maximum absolute atomic E-state index is 4.09. The van der Waals surface area contributed by atoms with Crippen molar-refractivity contribution in [2.45, 2.75) is 6.92 Å². The van der Waals surface area contributed by atoms with Crippen LogP contribution in [0.4, 0.5) is 0 Å². The number of nitrogens with zero attached hydrogens (tertiary/aromatic N) is 3. The molecule has 3 nitrogen and oxygen atoms in total.